The zero-order chi connectivity index (χ0) is 29.0. The van der Waals surface area contributed by atoms with Gasteiger partial charge in [0.15, 0.2) is 11.6 Å². The van der Waals surface area contributed by atoms with Gasteiger partial charge in [0, 0.05) is 44.1 Å². The summed E-state index contributed by atoms with van der Waals surface area (Å²) in [6.45, 7) is 3.86. The number of Topliss-reactive ketones (excluding diaryl/α,β-unsaturated/α-hetero) is 1. The first-order valence-corrected chi connectivity index (χ1v) is 15.0. The SMILES string of the molecule is COCC(=O)[C@@]1(C#CC(F)(F)F)CC[C@H]2[C@@H]3CCC4=CC(=O)CCC4=C3C(c3ccc(N4CCCC4)cc3)C[C@@]21C. The first-order valence-electron chi connectivity index (χ1n) is 15.0. The number of methoxy groups -OCH3 is 1. The minimum absolute atomic E-state index is 0.0349. The molecule has 0 aromatic heterocycles. The van der Waals surface area contributed by atoms with Crippen LogP contribution in [0.4, 0.5) is 18.9 Å². The second kappa shape index (κ2) is 10.5. The summed E-state index contributed by atoms with van der Waals surface area (Å²) in [7, 11) is 1.41. The standard InChI is InChI=1S/C34H38F3NO3/c1-32-20-28(22-5-8-24(9-6-22)38-17-3-4-18-38)31-26-12-10-25(39)19-23(26)7-11-27(31)29(32)13-14-33(32,30(40)21-41-2)15-16-34(35,36)37/h5-6,8-9,19,27-29H,3-4,7,10-14,17-18,20-21H2,1-2H3/t27-,28?,29-,32-,33-/m0/s1. The van der Waals surface area contributed by atoms with E-state index in [9.17, 15) is 22.8 Å². The van der Waals surface area contributed by atoms with Crippen LogP contribution in [0.3, 0.4) is 0 Å². The maximum absolute atomic E-state index is 13.7. The molecule has 1 heterocycles. The molecule has 1 aromatic carbocycles. The maximum atomic E-state index is 13.7. The van der Waals surface area contributed by atoms with Crippen molar-refractivity contribution in [3.05, 3.63) is 52.6 Å². The summed E-state index contributed by atoms with van der Waals surface area (Å²) >= 11 is 0. The number of fused-ring (bicyclic) bond motifs is 4. The Morgan fingerprint density at radius 3 is 2.51 bits per heavy atom. The van der Waals surface area contributed by atoms with Gasteiger partial charge in [0.05, 0.1) is 5.41 Å². The van der Waals surface area contributed by atoms with Crippen LogP contribution in [-0.4, -0.2) is 44.5 Å². The van der Waals surface area contributed by atoms with Gasteiger partial charge < -0.3 is 9.64 Å². The Labute approximate surface area is 240 Å². The molecule has 0 bridgehead atoms. The molecule has 0 radical (unpaired) electrons. The van der Waals surface area contributed by atoms with Crippen molar-refractivity contribution >= 4 is 17.3 Å². The van der Waals surface area contributed by atoms with Crippen molar-refractivity contribution in [2.75, 3.05) is 31.7 Å². The number of ether oxygens (including phenoxy) is 1. The molecule has 1 saturated heterocycles. The smallest absolute Gasteiger partial charge is 0.377 e. The first-order chi connectivity index (χ1) is 19.6. The lowest BCUT2D eigenvalue weighted by molar-refractivity contribution is -0.136. The molecule has 1 aliphatic heterocycles. The van der Waals surface area contributed by atoms with Crippen LogP contribution in [0.25, 0.3) is 0 Å². The van der Waals surface area contributed by atoms with E-state index < -0.39 is 17.0 Å². The second-order valence-electron chi connectivity index (χ2n) is 12.8. The van der Waals surface area contributed by atoms with E-state index in [1.807, 2.05) is 13.0 Å². The van der Waals surface area contributed by atoms with Gasteiger partial charge >= 0.3 is 6.18 Å². The molecule has 4 nitrogen and oxygen atoms in total. The predicted octanol–water partition coefficient (Wildman–Crippen LogP) is 6.95. The molecule has 0 amide bonds. The van der Waals surface area contributed by atoms with Gasteiger partial charge in [-0.2, -0.15) is 13.2 Å². The highest BCUT2D eigenvalue weighted by atomic mass is 19.4. The highest BCUT2D eigenvalue weighted by Crippen LogP contribution is 2.69. The number of hydrogen-bond acceptors (Lipinski definition) is 4. The van der Waals surface area contributed by atoms with Crippen molar-refractivity contribution in [2.45, 2.75) is 76.8 Å². The molecular formula is C34H38F3NO3. The normalized spacial score (nSPS) is 33.0. The van der Waals surface area contributed by atoms with E-state index in [0.717, 1.165) is 37.1 Å². The topological polar surface area (TPSA) is 46.6 Å². The lowest BCUT2D eigenvalue weighted by atomic mass is 9.48. The van der Waals surface area contributed by atoms with Crippen LogP contribution in [0, 0.1) is 34.5 Å². The fraction of sp³-hybridized carbons (Fsp3) is 0.588. The summed E-state index contributed by atoms with van der Waals surface area (Å²) in [5.41, 5.74) is 3.90. The van der Waals surface area contributed by atoms with Crippen LogP contribution in [0.15, 0.2) is 47.1 Å². The van der Waals surface area contributed by atoms with Crippen molar-refractivity contribution < 1.29 is 27.5 Å². The van der Waals surface area contributed by atoms with Gasteiger partial charge in [0.1, 0.15) is 6.61 Å². The van der Waals surface area contributed by atoms with Crippen LogP contribution in [-0.2, 0) is 14.3 Å². The van der Waals surface area contributed by atoms with Gasteiger partial charge in [0.25, 0.3) is 0 Å². The molecule has 4 aliphatic carbocycles. The van der Waals surface area contributed by atoms with E-state index in [-0.39, 0.29) is 35.9 Å². The largest absolute Gasteiger partial charge is 0.457 e. The Kier molecular flexibility index (Phi) is 7.21. The molecule has 3 fully saturated rings. The van der Waals surface area contributed by atoms with Crippen LogP contribution in [0.1, 0.15) is 76.2 Å². The van der Waals surface area contributed by atoms with Gasteiger partial charge in [-0.3, -0.25) is 9.59 Å². The van der Waals surface area contributed by atoms with E-state index in [0.29, 0.717) is 32.1 Å². The molecule has 5 atom stereocenters. The number of rotatable bonds is 5. The van der Waals surface area contributed by atoms with E-state index >= 15 is 0 Å². The van der Waals surface area contributed by atoms with Gasteiger partial charge in [-0.1, -0.05) is 30.6 Å². The monoisotopic (exact) mass is 565 g/mol. The van der Waals surface area contributed by atoms with Crippen LogP contribution in [0.5, 0.6) is 0 Å². The zero-order valence-corrected chi connectivity index (χ0v) is 23.9. The first kappa shape index (κ1) is 28.3. The summed E-state index contributed by atoms with van der Waals surface area (Å²) in [4.78, 5) is 28.5. The van der Waals surface area contributed by atoms with Crippen LogP contribution >= 0.6 is 0 Å². The summed E-state index contributed by atoms with van der Waals surface area (Å²) in [6, 6.07) is 8.68. The number of allylic oxidation sites excluding steroid dienone is 4. The van der Waals surface area contributed by atoms with Crippen molar-refractivity contribution in [3.63, 3.8) is 0 Å². The van der Waals surface area contributed by atoms with Crippen molar-refractivity contribution in [1.29, 1.82) is 0 Å². The van der Waals surface area contributed by atoms with Crippen molar-refractivity contribution in [2.24, 2.45) is 22.7 Å². The minimum atomic E-state index is -4.68. The van der Waals surface area contributed by atoms with Gasteiger partial charge in [-0.15, -0.1) is 0 Å². The van der Waals surface area contributed by atoms with E-state index in [1.54, 1.807) is 0 Å². The predicted molar refractivity (Wildman–Crippen MR) is 151 cm³/mol. The molecule has 41 heavy (non-hydrogen) atoms. The Morgan fingerprint density at radius 1 is 1.10 bits per heavy atom. The van der Waals surface area contributed by atoms with Crippen LogP contribution in [0.2, 0.25) is 0 Å². The molecule has 0 N–H and O–H groups in total. The summed E-state index contributed by atoms with van der Waals surface area (Å²) in [6.07, 6.45) is 3.84. The molecule has 7 heteroatoms. The fourth-order valence-electron chi connectivity index (χ4n) is 9.04. The number of anilines is 1. The number of halogens is 3. The lowest BCUT2D eigenvalue weighted by Gasteiger charge is -2.54. The molecule has 5 aliphatic rings. The Balaban J connectivity index is 1.49. The average Bonchev–Trinajstić information content (AvgIpc) is 3.58. The second-order valence-corrected chi connectivity index (χ2v) is 12.8. The summed E-state index contributed by atoms with van der Waals surface area (Å²) in [5.74, 6) is 4.02. The number of carbonyl (C=O) groups is 2. The molecule has 0 spiro atoms. The molecular weight excluding hydrogens is 527 g/mol. The number of carbonyl (C=O) groups excluding carboxylic acids is 2. The highest BCUT2D eigenvalue weighted by Gasteiger charge is 2.65. The Morgan fingerprint density at radius 2 is 1.83 bits per heavy atom. The lowest BCUT2D eigenvalue weighted by Crippen LogP contribution is -2.51. The Hall–Kier alpha value is -2.85. The third-order valence-corrected chi connectivity index (χ3v) is 10.9. The van der Waals surface area contributed by atoms with E-state index in [4.69, 9.17) is 4.74 Å². The fourth-order valence-corrected chi connectivity index (χ4v) is 9.04. The number of benzene rings is 1. The highest BCUT2D eigenvalue weighted by molar-refractivity contribution is 5.93. The van der Waals surface area contributed by atoms with Crippen molar-refractivity contribution in [1.82, 2.24) is 0 Å². The molecule has 1 unspecified atom stereocenters. The Bertz CT molecular complexity index is 1360. The molecule has 218 valence electrons. The number of hydrogen-bond donors (Lipinski definition) is 0. The summed E-state index contributed by atoms with van der Waals surface area (Å²) < 4.78 is 45.7. The van der Waals surface area contributed by atoms with Crippen molar-refractivity contribution in [3.8, 4) is 11.8 Å². The third-order valence-electron chi connectivity index (χ3n) is 10.9. The van der Waals surface area contributed by atoms with Crippen LogP contribution < -0.4 is 4.90 Å². The summed E-state index contributed by atoms with van der Waals surface area (Å²) in [5, 5.41) is 0. The quantitative estimate of drug-likeness (QED) is 0.363. The zero-order valence-electron chi connectivity index (χ0n) is 23.9. The molecule has 6 rings (SSSR count). The van der Waals surface area contributed by atoms with Gasteiger partial charge in [0.2, 0.25) is 0 Å². The minimum Gasteiger partial charge on any atom is -0.377 e. The number of ketones is 2. The molecule has 2 saturated carbocycles. The van der Waals surface area contributed by atoms with E-state index in [2.05, 4.69) is 35.1 Å². The van der Waals surface area contributed by atoms with E-state index in [1.165, 1.54) is 42.7 Å². The number of nitrogens with zero attached hydrogens (tertiary/aromatic N) is 1. The van der Waals surface area contributed by atoms with Gasteiger partial charge in [-0.05, 0) is 104 Å². The van der Waals surface area contributed by atoms with Gasteiger partial charge in [-0.25, -0.2) is 0 Å². The maximum Gasteiger partial charge on any atom is 0.457 e. The average molecular weight is 566 g/mol. The molecule has 1 aromatic rings. The number of alkyl halides is 3. The third kappa shape index (κ3) is 4.76.